The number of aromatic hydroxyl groups is 1. The van der Waals surface area contributed by atoms with Crippen LogP contribution < -0.4 is 4.74 Å². The SMILES string of the molecule is CC(C)=CCC[C@@H](C)CCC/C(C)=C/C[C@]1(C)CCc2cc(O)cc(C)c2O1. The summed E-state index contributed by atoms with van der Waals surface area (Å²) in [7, 11) is 0. The summed E-state index contributed by atoms with van der Waals surface area (Å²) in [4.78, 5) is 0. The molecule has 2 atom stereocenters. The number of hydrogen-bond donors (Lipinski definition) is 1. The number of benzene rings is 1. The van der Waals surface area contributed by atoms with Crippen LogP contribution in [0.2, 0.25) is 0 Å². The fourth-order valence-corrected chi connectivity index (χ4v) is 4.02. The van der Waals surface area contributed by atoms with Crippen molar-refractivity contribution in [1.82, 2.24) is 0 Å². The van der Waals surface area contributed by atoms with E-state index in [1.807, 2.05) is 13.0 Å². The summed E-state index contributed by atoms with van der Waals surface area (Å²) in [5.74, 6) is 2.12. The molecule has 0 saturated heterocycles. The zero-order valence-electron chi connectivity index (χ0n) is 18.9. The van der Waals surface area contributed by atoms with Gasteiger partial charge in [-0.15, -0.1) is 0 Å². The van der Waals surface area contributed by atoms with Crippen LogP contribution in [-0.2, 0) is 6.42 Å². The average molecular weight is 385 g/mol. The van der Waals surface area contributed by atoms with Crippen LogP contribution in [0.5, 0.6) is 11.5 Å². The second kappa shape index (κ2) is 10.2. The van der Waals surface area contributed by atoms with Gasteiger partial charge in [-0.25, -0.2) is 0 Å². The zero-order valence-corrected chi connectivity index (χ0v) is 18.9. The Kier molecular flexibility index (Phi) is 8.22. The molecular weight excluding hydrogens is 344 g/mol. The first-order valence-electron chi connectivity index (χ1n) is 11.0. The molecule has 0 unspecified atom stereocenters. The van der Waals surface area contributed by atoms with Crippen LogP contribution in [0, 0.1) is 12.8 Å². The molecule has 0 spiro atoms. The van der Waals surface area contributed by atoms with Gasteiger partial charge in [0.15, 0.2) is 0 Å². The maximum Gasteiger partial charge on any atom is 0.126 e. The van der Waals surface area contributed by atoms with E-state index in [4.69, 9.17) is 4.74 Å². The Morgan fingerprint density at radius 2 is 1.96 bits per heavy atom. The molecule has 0 fully saturated rings. The zero-order chi connectivity index (χ0) is 20.7. The number of phenols is 1. The Morgan fingerprint density at radius 3 is 2.68 bits per heavy atom. The largest absolute Gasteiger partial charge is 0.508 e. The van der Waals surface area contributed by atoms with E-state index in [1.54, 1.807) is 6.07 Å². The molecule has 2 nitrogen and oxygen atoms in total. The normalized spacial score (nSPS) is 20.3. The highest BCUT2D eigenvalue weighted by molar-refractivity contribution is 5.47. The number of ether oxygens (including phenoxy) is 1. The lowest BCUT2D eigenvalue weighted by atomic mass is 9.88. The van der Waals surface area contributed by atoms with Gasteiger partial charge in [-0.2, -0.15) is 0 Å². The summed E-state index contributed by atoms with van der Waals surface area (Å²) in [6.45, 7) is 13.2. The van der Waals surface area contributed by atoms with Crippen molar-refractivity contribution in [3.63, 3.8) is 0 Å². The predicted molar refractivity (Wildman–Crippen MR) is 120 cm³/mol. The van der Waals surface area contributed by atoms with Gasteiger partial charge in [0.05, 0.1) is 0 Å². The van der Waals surface area contributed by atoms with Gasteiger partial charge < -0.3 is 9.84 Å². The van der Waals surface area contributed by atoms with Crippen molar-refractivity contribution in [2.45, 2.75) is 98.5 Å². The monoisotopic (exact) mass is 384 g/mol. The van der Waals surface area contributed by atoms with E-state index in [-0.39, 0.29) is 5.60 Å². The van der Waals surface area contributed by atoms with E-state index in [1.165, 1.54) is 43.3 Å². The Labute approximate surface area is 172 Å². The van der Waals surface area contributed by atoms with Crippen LogP contribution in [0.1, 0.15) is 90.7 Å². The van der Waals surface area contributed by atoms with Gasteiger partial charge in [-0.1, -0.05) is 36.6 Å². The third kappa shape index (κ3) is 7.04. The number of aryl methyl sites for hydroxylation is 2. The number of allylic oxidation sites excluding steroid dienone is 3. The quantitative estimate of drug-likeness (QED) is 0.442. The van der Waals surface area contributed by atoms with E-state index < -0.39 is 0 Å². The number of rotatable bonds is 9. The standard InChI is InChI=1S/C26H40O2/c1-19(2)9-7-10-20(3)11-8-12-21(4)13-15-26(6)16-14-23-18-24(27)17-22(5)25(23)28-26/h9,13,17-18,20,27H,7-8,10-12,14-16H2,1-6H3/b21-13+/t20-,26-/m1/s1. The van der Waals surface area contributed by atoms with Crippen molar-refractivity contribution in [1.29, 1.82) is 0 Å². The van der Waals surface area contributed by atoms with Crippen molar-refractivity contribution in [3.05, 3.63) is 46.6 Å². The van der Waals surface area contributed by atoms with Crippen molar-refractivity contribution >= 4 is 0 Å². The lowest BCUT2D eigenvalue weighted by Crippen LogP contribution is -2.36. The van der Waals surface area contributed by atoms with Crippen LogP contribution in [0.4, 0.5) is 0 Å². The molecule has 28 heavy (non-hydrogen) atoms. The molecule has 2 heteroatoms. The Bertz CT molecular complexity index is 709. The second-order valence-corrected chi connectivity index (χ2v) is 9.41. The smallest absolute Gasteiger partial charge is 0.126 e. The molecule has 0 aliphatic carbocycles. The fourth-order valence-electron chi connectivity index (χ4n) is 4.02. The fraction of sp³-hybridized carbons (Fsp3) is 0.615. The first-order valence-corrected chi connectivity index (χ1v) is 11.0. The summed E-state index contributed by atoms with van der Waals surface area (Å²) < 4.78 is 6.40. The molecule has 156 valence electrons. The molecule has 0 aromatic heterocycles. The summed E-state index contributed by atoms with van der Waals surface area (Å²) in [5.41, 5.74) is 4.93. The first kappa shape index (κ1) is 22.6. The molecular formula is C26H40O2. The molecule has 2 rings (SSSR count). The summed E-state index contributed by atoms with van der Waals surface area (Å²) in [6.07, 6.45) is 13.9. The van der Waals surface area contributed by atoms with E-state index in [9.17, 15) is 5.11 Å². The minimum absolute atomic E-state index is 0.145. The molecule has 1 aromatic carbocycles. The first-order chi connectivity index (χ1) is 13.2. The van der Waals surface area contributed by atoms with Crippen molar-refractivity contribution in [2.75, 3.05) is 0 Å². The Hall–Kier alpha value is -1.70. The number of phenolic OH excluding ortho intramolecular Hbond substituents is 1. The third-order valence-corrected chi connectivity index (χ3v) is 5.97. The van der Waals surface area contributed by atoms with Gasteiger partial charge in [-0.3, -0.25) is 0 Å². The van der Waals surface area contributed by atoms with E-state index >= 15 is 0 Å². The van der Waals surface area contributed by atoms with E-state index in [0.29, 0.717) is 5.75 Å². The molecule has 1 aliphatic rings. The maximum atomic E-state index is 9.80. The van der Waals surface area contributed by atoms with E-state index in [2.05, 4.69) is 46.8 Å². The van der Waals surface area contributed by atoms with Crippen LogP contribution >= 0.6 is 0 Å². The van der Waals surface area contributed by atoms with Crippen LogP contribution in [-0.4, -0.2) is 10.7 Å². The minimum atomic E-state index is -0.145. The van der Waals surface area contributed by atoms with Gasteiger partial charge in [0.25, 0.3) is 0 Å². The van der Waals surface area contributed by atoms with Crippen molar-refractivity contribution in [3.8, 4) is 11.5 Å². The highest BCUT2D eigenvalue weighted by Crippen LogP contribution is 2.39. The predicted octanol–water partition coefficient (Wildman–Crippen LogP) is 7.67. The molecule has 0 amide bonds. The Morgan fingerprint density at radius 1 is 1.21 bits per heavy atom. The molecule has 1 N–H and O–H groups in total. The van der Waals surface area contributed by atoms with Gasteiger partial charge >= 0.3 is 0 Å². The summed E-state index contributed by atoms with van der Waals surface area (Å²) >= 11 is 0. The Balaban J connectivity index is 1.80. The molecule has 1 heterocycles. The van der Waals surface area contributed by atoms with Gasteiger partial charge in [0.1, 0.15) is 17.1 Å². The third-order valence-electron chi connectivity index (χ3n) is 5.97. The topological polar surface area (TPSA) is 29.5 Å². The molecule has 1 aromatic rings. The number of hydrogen-bond acceptors (Lipinski definition) is 2. The van der Waals surface area contributed by atoms with Crippen LogP contribution in [0.15, 0.2) is 35.4 Å². The van der Waals surface area contributed by atoms with E-state index in [0.717, 1.165) is 42.1 Å². The highest BCUT2D eigenvalue weighted by atomic mass is 16.5. The molecule has 1 aliphatic heterocycles. The average Bonchev–Trinajstić information content (AvgIpc) is 2.61. The number of fused-ring (bicyclic) bond motifs is 1. The lowest BCUT2D eigenvalue weighted by Gasteiger charge is -2.36. The minimum Gasteiger partial charge on any atom is -0.508 e. The van der Waals surface area contributed by atoms with Gasteiger partial charge in [0.2, 0.25) is 0 Å². The van der Waals surface area contributed by atoms with Crippen LogP contribution in [0.3, 0.4) is 0 Å². The summed E-state index contributed by atoms with van der Waals surface area (Å²) in [5, 5.41) is 9.80. The summed E-state index contributed by atoms with van der Waals surface area (Å²) in [6, 6.07) is 3.65. The van der Waals surface area contributed by atoms with Crippen LogP contribution in [0.25, 0.3) is 0 Å². The highest BCUT2D eigenvalue weighted by Gasteiger charge is 2.31. The lowest BCUT2D eigenvalue weighted by molar-refractivity contribution is 0.0668. The molecule has 0 bridgehead atoms. The van der Waals surface area contributed by atoms with Crippen molar-refractivity contribution < 1.29 is 9.84 Å². The van der Waals surface area contributed by atoms with Gasteiger partial charge in [0, 0.05) is 6.42 Å². The van der Waals surface area contributed by atoms with Crippen molar-refractivity contribution in [2.24, 2.45) is 5.92 Å². The molecule has 0 radical (unpaired) electrons. The van der Waals surface area contributed by atoms with Gasteiger partial charge in [-0.05, 0) is 102 Å². The molecule has 0 saturated carbocycles. The maximum absolute atomic E-state index is 9.80. The second-order valence-electron chi connectivity index (χ2n) is 9.41.